The van der Waals surface area contributed by atoms with Gasteiger partial charge >= 0.3 is 5.97 Å². The number of imidazole rings is 1. The molecule has 0 aromatic carbocycles. The van der Waals surface area contributed by atoms with Gasteiger partial charge in [0.2, 0.25) is 0 Å². The zero-order valence-electron chi connectivity index (χ0n) is 6.03. The highest BCUT2D eigenvalue weighted by atomic mass is 35.5. The Hall–Kier alpha value is -1.03. The Labute approximate surface area is 70.4 Å². The van der Waals surface area contributed by atoms with Crippen molar-refractivity contribution < 1.29 is 9.53 Å². The number of carbonyl (C=O) groups is 1. The average Bonchev–Trinajstić information content (AvgIpc) is 2.38. The van der Waals surface area contributed by atoms with E-state index in [0.29, 0.717) is 12.3 Å². The topological polar surface area (TPSA) is 55.0 Å². The fraction of sp³-hybridized carbons (Fsp3) is 0.333. The molecule has 0 amide bonds. The Bertz CT molecular complexity index is 210. The number of aromatic amines is 1. The van der Waals surface area contributed by atoms with Crippen LogP contribution >= 0.6 is 12.4 Å². The molecule has 62 valence electrons. The van der Waals surface area contributed by atoms with E-state index in [-0.39, 0.29) is 18.4 Å². The molecule has 0 fully saturated rings. The van der Waals surface area contributed by atoms with Crippen LogP contribution in [0.4, 0.5) is 0 Å². The highest BCUT2D eigenvalue weighted by Gasteiger charge is 2.05. The summed E-state index contributed by atoms with van der Waals surface area (Å²) < 4.78 is 4.68. The second-order valence-electron chi connectivity index (χ2n) is 1.69. The number of hydrogen-bond acceptors (Lipinski definition) is 3. The number of nitrogens with one attached hydrogen (secondary N) is 1. The smallest absolute Gasteiger partial charge is 0.356 e. The molecule has 5 heteroatoms. The number of halogens is 1. The fourth-order valence-electron chi connectivity index (χ4n) is 0.576. The predicted octanol–water partition coefficient (Wildman–Crippen LogP) is 1.01. The summed E-state index contributed by atoms with van der Waals surface area (Å²) in [6.45, 7) is 2.14. The number of aromatic nitrogens is 2. The van der Waals surface area contributed by atoms with Gasteiger partial charge in [-0.2, -0.15) is 0 Å². The highest BCUT2D eigenvalue weighted by molar-refractivity contribution is 5.86. The molecule has 1 aromatic rings. The van der Waals surface area contributed by atoms with Crippen LogP contribution in [0.25, 0.3) is 0 Å². The molecule has 0 radical (unpaired) electrons. The molecule has 11 heavy (non-hydrogen) atoms. The van der Waals surface area contributed by atoms with Crippen molar-refractivity contribution in [3.05, 3.63) is 18.2 Å². The normalized spacial score (nSPS) is 8.45. The molecule has 0 bridgehead atoms. The lowest BCUT2D eigenvalue weighted by Gasteiger charge is -1.95. The Morgan fingerprint density at radius 2 is 2.55 bits per heavy atom. The van der Waals surface area contributed by atoms with Crippen LogP contribution < -0.4 is 0 Å². The van der Waals surface area contributed by atoms with Crippen molar-refractivity contribution >= 4 is 18.4 Å². The Morgan fingerprint density at radius 1 is 1.82 bits per heavy atom. The summed E-state index contributed by atoms with van der Waals surface area (Å²) in [4.78, 5) is 17.1. The van der Waals surface area contributed by atoms with Crippen molar-refractivity contribution in [2.75, 3.05) is 6.61 Å². The molecule has 0 aliphatic carbocycles. The molecule has 1 rings (SSSR count). The summed E-state index contributed by atoms with van der Waals surface area (Å²) in [5.41, 5.74) is 0.391. The quantitative estimate of drug-likeness (QED) is 0.685. The van der Waals surface area contributed by atoms with E-state index in [9.17, 15) is 4.79 Å². The Kier molecular flexibility index (Phi) is 4.29. The zero-order chi connectivity index (χ0) is 7.40. The first kappa shape index (κ1) is 9.97. The minimum Gasteiger partial charge on any atom is -0.461 e. The number of ether oxygens (including phenoxy) is 1. The van der Waals surface area contributed by atoms with Gasteiger partial charge in [-0.3, -0.25) is 0 Å². The standard InChI is InChI=1S/C6H8N2O2.ClH/c1-2-10-6(9)5-3-7-4-8-5;/h3-4H,2H2,1H3,(H,7,8);1H. The minimum absolute atomic E-state index is 0. The highest BCUT2D eigenvalue weighted by Crippen LogP contribution is 1.93. The molecular weight excluding hydrogens is 168 g/mol. The van der Waals surface area contributed by atoms with Gasteiger partial charge in [0, 0.05) is 0 Å². The van der Waals surface area contributed by atoms with E-state index in [4.69, 9.17) is 0 Å². The van der Waals surface area contributed by atoms with E-state index >= 15 is 0 Å². The molecule has 0 aliphatic rings. The third-order valence-electron chi connectivity index (χ3n) is 0.994. The number of H-pyrrole nitrogens is 1. The Balaban J connectivity index is 0.000001000. The number of esters is 1. The van der Waals surface area contributed by atoms with Gasteiger partial charge in [-0.25, -0.2) is 9.78 Å². The maximum Gasteiger partial charge on any atom is 0.356 e. The first-order valence-corrected chi connectivity index (χ1v) is 3.00. The van der Waals surface area contributed by atoms with Gasteiger partial charge < -0.3 is 9.72 Å². The van der Waals surface area contributed by atoms with Crippen LogP contribution in [0.15, 0.2) is 12.5 Å². The van der Waals surface area contributed by atoms with Crippen LogP contribution in [0.5, 0.6) is 0 Å². The van der Waals surface area contributed by atoms with Gasteiger partial charge in [0.05, 0.1) is 19.1 Å². The number of nitrogens with zero attached hydrogens (tertiary/aromatic N) is 1. The second-order valence-corrected chi connectivity index (χ2v) is 1.69. The molecule has 1 N–H and O–H groups in total. The van der Waals surface area contributed by atoms with Gasteiger partial charge in [0.25, 0.3) is 0 Å². The van der Waals surface area contributed by atoms with E-state index in [1.54, 1.807) is 6.92 Å². The molecule has 0 atom stereocenters. The van der Waals surface area contributed by atoms with Crippen molar-refractivity contribution in [2.45, 2.75) is 6.92 Å². The minimum atomic E-state index is -0.361. The lowest BCUT2D eigenvalue weighted by atomic mass is 10.5. The summed E-state index contributed by atoms with van der Waals surface area (Å²) >= 11 is 0. The third-order valence-corrected chi connectivity index (χ3v) is 0.994. The van der Waals surface area contributed by atoms with Crippen molar-refractivity contribution in [1.82, 2.24) is 9.97 Å². The van der Waals surface area contributed by atoms with Crippen molar-refractivity contribution in [2.24, 2.45) is 0 Å². The van der Waals surface area contributed by atoms with Crippen LogP contribution in [-0.4, -0.2) is 22.5 Å². The van der Waals surface area contributed by atoms with Crippen molar-refractivity contribution in [1.29, 1.82) is 0 Å². The molecule has 1 aromatic heterocycles. The van der Waals surface area contributed by atoms with Crippen LogP contribution in [0.3, 0.4) is 0 Å². The number of rotatable bonds is 2. The first-order chi connectivity index (χ1) is 4.84. The maximum atomic E-state index is 10.8. The number of hydrogen-bond donors (Lipinski definition) is 1. The molecule has 4 nitrogen and oxygen atoms in total. The first-order valence-electron chi connectivity index (χ1n) is 3.00. The van der Waals surface area contributed by atoms with Crippen molar-refractivity contribution in [3.8, 4) is 0 Å². The van der Waals surface area contributed by atoms with Gasteiger partial charge in [0.15, 0.2) is 0 Å². The summed E-state index contributed by atoms with van der Waals surface area (Å²) in [5.74, 6) is -0.361. The van der Waals surface area contributed by atoms with E-state index < -0.39 is 0 Å². The summed E-state index contributed by atoms with van der Waals surface area (Å²) in [6.07, 6.45) is 2.87. The van der Waals surface area contributed by atoms with E-state index in [1.165, 1.54) is 12.5 Å². The maximum absolute atomic E-state index is 10.8. The molecule has 0 saturated heterocycles. The van der Waals surface area contributed by atoms with Crippen LogP contribution in [0.2, 0.25) is 0 Å². The number of carbonyl (C=O) groups excluding carboxylic acids is 1. The lowest BCUT2D eigenvalue weighted by molar-refractivity contribution is 0.0520. The SMILES string of the molecule is CCOC(=O)c1cnc[nH]1.Cl. The summed E-state index contributed by atoms with van der Waals surface area (Å²) in [7, 11) is 0. The van der Waals surface area contributed by atoms with Crippen LogP contribution in [0, 0.1) is 0 Å². The van der Waals surface area contributed by atoms with Crippen LogP contribution in [0.1, 0.15) is 17.4 Å². The van der Waals surface area contributed by atoms with Gasteiger partial charge in [-0.1, -0.05) is 0 Å². The van der Waals surface area contributed by atoms with E-state index in [0.717, 1.165) is 0 Å². The van der Waals surface area contributed by atoms with Gasteiger partial charge in [-0.15, -0.1) is 12.4 Å². The molecular formula is C6H9ClN2O2. The average molecular weight is 177 g/mol. The molecule has 0 unspecified atom stereocenters. The summed E-state index contributed by atoms with van der Waals surface area (Å²) in [5, 5.41) is 0. The predicted molar refractivity (Wildman–Crippen MR) is 41.8 cm³/mol. The summed E-state index contributed by atoms with van der Waals surface area (Å²) in [6, 6.07) is 0. The fourth-order valence-corrected chi connectivity index (χ4v) is 0.576. The van der Waals surface area contributed by atoms with Crippen LogP contribution in [-0.2, 0) is 4.74 Å². The van der Waals surface area contributed by atoms with Gasteiger partial charge in [-0.05, 0) is 6.92 Å². The zero-order valence-corrected chi connectivity index (χ0v) is 6.85. The van der Waals surface area contributed by atoms with Gasteiger partial charge in [0.1, 0.15) is 5.69 Å². The molecule has 0 aliphatic heterocycles. The van der Waals surface area contributed by atoms with E-state index in [1.807, 2.05) is 0 Å². The second kappa shape index (κ2) is 4.73. The third kappa shape index (κ3) is 2.59. The lowest BCUT2D eigenvalue weighted by Crippen LogP contribution is -2.04. The monoisotopic (exact) mass is 176 g/mol. The molecule has 0 spiro atoms. The Morgan fingerprint density at radius 3 is 3.00 bits per heavy atom. The van der Waals surface area contributed by atoms with E-state index in [2.05, 4.69) is 14.7 Å². The molecule has 0 saturated carbocycles. The molecule has 1 heterocycles. The van der Waals surface area contributed by atoms with Crippen molar-refractivity contribution in [3.63, 3.8) is 0 Å². The largest absolute Gasteiger partial charge is 0.461 e.